The van der Waals surface area contributed by atoms with Crippen LogP contribution in [0.4, 0.5) is 0 Å². The summed E-state index contributed by atoms with van der Waals surface area (Å²) in [5.41, 5.74) is 0.480. The van der Waals surface area contributed by atoms with Gasteiger partial charge in [-0.1, -0.05) is 11.8 Å². The maximum absolute atomic E-state index is 12.2. The number of thioether (sulfide) groups is 1. The molecule has 1 aromatic rings. The lowest BCUT2D eigenvalue weighted by Crippen LogP contribution is -2.46. The largest absolute Gasteiger partial charge is 0.337 e. The zero-order valence-corrected chi connectivity index (χ0v) is 13.8. The zero-order valence-electron chi connectivity index (χ0n) is 11.3. The molecular weight excluding hydrogens is 318 g/mol. The molecule has 1 fully saturated rings. The van der Waals surface area contributed by atoms with Crippen LogP contribution in [0.2, 0.25) is 0 Å². The number of thiazole rings is 1. The number of carbonyl (C=O) groups excluding carboxylic acids is 1. The van der Waals surface area contributed by atoms with Gasteiger partial charge in [0.25, 0.3) is 5.91 Å². The van der Waals surface area contributed by atoms with Crippen molar-refractivity contribution in [3.8, 4) is 0 Å². The molecule has 6 nitrogen and oxygen atoms in total. The summed E-state index contributed by atoms with van der Waals surface area (Å²) in [6, 6.07) is -0.0776. The molecule has 1 amide bonds. The predicted octanol–water partition coefficient (Wildman–Crippen LogP) is 1.02. The Hall–Kier alpha value is -0.640. The first-order valence-corrected chi connectivity index (χ1v) is 10.1. The fraction of sp³-hybridized carbons (Fsp3) is 0.636. The van der Waals surface area contributed by atoms with Crippen molar-refractivity contribution < 1.29 is 13.2 Å². The molecule has 0 saturated carbocycles. The molecular formula is C11H17N3O3S3. The summed E-state index contributed by atoms with van der Waals surface area (Å²) < 4.78 is 25.8. The van der Waals surface area contributed by atoms with Crippen LogP contribution in [0.25, 0.3) is 0 Å². The molecule has 1 aliphatic heterocycles. The Kier molecular flexibility index (Phi) is 5.05. The van der Waals surface area contributed by atoms with Gasteiger partial charge in [-0.3, -0.25) is 4.79 Å². The van der Waals surface area contributed by atoms with Gasteiger partial charge in [-0.05, 0) is 19.1 Å². The molecule has 1 aromatic heterocycles. The number of piperidine rings is 1. The van der Waals surface area contributed by atoms with E-state index in [9.17, 15) is 13.2 Å². The van der Waals surface area contributed by atoms with E-state index in [1.165, 1.54) is 23.1 Å². The lowest BCUT2D eigenvalue weighted by atomic mass is 10.1. The Morgan fingerprint density at radius 1 is 1.50 bits per heavy atom. The molecule has 0 aliphatic carbocycles. The molecule has 112 valence electrons. The third kappa shape index (κ3) is 4.18. The molecule has 20 heavy (non-hydrogen) atoms. The topological polar surface area (TPSA) is 79.4 Å². The van der Waals surface area contributed by atoms with Gasteiger partial charge in [0.15, 0.2) is 0 Å². The van der Waals surface area contributed by atoms with Crippen LogP contribution in [-0.4, -0.2) is 55.9 Å². The van der Waals surface area contributed by atoms with Gasteiger partial charge in [0, 0.05) is 24.5 Å². The van der Waals surface area contributed by atoms with Crippen molar-refractivity contribution in [1.29, 1.82) is 0 Å². The minimum atomic E-state index is -3.18. The van der Waals surface area contributed by atoms with Crippen molar-refractivity contribution in [3.63, 3.8) is 0 Å². The van der Waals surface area contributed by atoms with Crippen molar-refractivity contribution in [1.82, 2.24) is 14.6 Å². The Balaban J connectivity index is 1.91. The average Bonchev–Trinajstić information content (AvgIpc) is 2.85. The number of rotatable bonds is 4. The maximum Gasteiger partial charge on any atom is 0.273 e. The predicted molar refractivity (Wildman–Crippen MR) is 80.8 cm³/mol. The molecule has 2 rings (SSSR count). The van der Waals surface area contributed by atoms with Crippen molar-refractivity contribution in [2.45, 2.75) is 23.2 Å². The number of nitrogens with one attached hydrogen (secondary N) is 1. The number of nitrogens with zero attached hydrogens (tertiary/aromatic N) is 2. The Bertz CT molecular complexity index is 577. The van der Waals surface area contributed by atoms with E-state index in [0.29, 0.717) is 31.6 Å². The molecule has 0 aromatic carbocycles. The van der Waals surface area contributed by atoms with Crippen molar-refractivity contribution in [2.24, 2.45) is 0 Å². The van der Waals surface area contributed by atoms with E-state index in [1.54, 1.807) is 10.3 Å². The van der Waals surface area contributed by atoms with E-state index in [4.69, 9.17) is 0 Å². The van der Waals surface area contributed by atoms with Crippen LogP contribution < -0.4 is 4.72 Å². The third-order valence-corrected chi connectivity index (χ3v) is 5.66. The average molecular weight is 335 g/mol. The van der Waals surface area contributed by atoms with Crippen LogP contribution >= 0.6 is 23.1 Å². The van der Waals surface area contributed by atoms with Gasteiger partial charge in [0.05, 0.1) is 6.26 Å². The van der Waals surface area contributed by atoms with Gasteiger partial charge in [-0.2, -0.15) is 0 Å². The fourth-order valence-corrected chi connectivity index (χ4v) is 4.19. The molecule has 1 saturated heterocycles. The van der Waals surface area contributed by atoms with E-state index >= 15 is 0 Å². The van der Waals surface area contributed by atoms with Crippen molar-refractivity contribution >= 4 is 39.0 Å². The van der Waals surface area contributed by atoms with Gasteiger partial charge in [-0.15, -0.1) is 11.3 Å². The highest BCUT2D eigenvalue weighted by Gasteiger charge is 2.26. The number of carbonyl (C=O) groups is 1. The molecule has 0 spiro atoms. The fourth-order valence-electron chi connectivity index (χ4n) is 2.11. The van der Waals surface area contributed by atoms with Crippen molar-refractivity contribution in [2.75, 3.05) is 25.6 Å². The highest BCUT2D eigenvalue weighted by molar-refractivity contribution is 8.00. The summed E-state index contributed by atoms with van der Waals surface area (Å²) >= 11 is 2.98. The molecule has 1 N–H and O–H groups in total. The smallest absolute Gasteiger partial charge is 0.273 e. The summed E-state index contributed by atoms with van der Waals surface area (Å²) in [7, 11) is -3.18. The first-order valence-electron chi connectivity index (χ1n) is 6.15. The van der Waals surface area contributed by atoms with E-state index in [2.05, 4.69) is 9.71 Å². The number of hydrogen-bond donors (Lipinski definition) is 1. The quantitative estimate of drug-likeness (QED) is 0.831. The van der Waals surface area contributed by atoms with Gasteiger partial charge < -0.3 is 4.90 Å². The van der Waals surface area contributed by atoms with Crippen molar-refractivity contribution in [3.05, 3.63) is 11.1 Å². The summed E-state index contributed by atoms with van der Waals surface area (Å²) in [6.45, 7) is 1.11. The van der Waals surface area contributed by atoms with Gasteiger partial charge in [-0.25, -0.2) is 18.1 Å². The standard InChI is InChI=1S/C11H17N3O3S3/c1-18-11-12-9(7-19-11)10(15)14-5-3-8(4-6-14)13-20(2,16)17/h7-8,13H,3-6H2,1-2H3. The van der Waals surface area contributed by atoms with E-state index in [0.717, 1.165) is 10.6 Å². The van der Waals surface area contributed by atoms with Crippen LogP contribution in [0.5, 0.6) is 0 Å². The normalized spacial score (nSPS) is 17.4. The number of aromatic nitrogens is 1. The Labute approximate surface area is 127 Å². The SMILES string of the molecule is CSc1nc(C(=O)N2CCC(NS(C)(=O)=O)CC2)cs1. The monoisotopic (exact) mass is 335 g/mol. The first kappa shape index (κ1) is 15.7. The molecule has 0 radical (unpaired) electrons. The molecule has 0 bridgehead atoms. The van der Waals surface area contributed by atoms with Crippen LogP contribution in [0.3, 0.4) is 0 Å². The van der Waals surface area contributed by atoms with E-state index in [-0.39, 0.29) is 11.9 Å². The Morgan fingerprint density at radius 2 is 2.15 bits per heavy atom. The molecule has 0 atom stereocenters. The number of sulfonamides is 1. The van der Waals surface area contributed by atoms with E-state index < -0.39 is 10.0 Å². The number of hydrogen-bond acceptors (Lipinski definition) is 6. The molecule has 2 heterocycles. The third-order valence-electron chi connectivity index (χ3n) is 3.04. The number of likely N-dealkylation sites (tertiary alicyclic amines) is 1. The van der Waals surface area contributed by atoms with Gasteiger partial charge >= 0.3 is 0 Å². The highest BCUT2D eigenvalue weighted by atomic mass is 32.2. The van der Waals surface area contributed by atoms with Gasteiger partial charge in [0.1, 0.15) is 10.0 Å². The second kappa shape index (κ2) is 6.42. The summed E-state index contributed by atoms with van der Waals surface area (Å²) in [5.74, 6) is -0.0700. The second-order valence-corrected chi connectivity index (χ2v) is 8.35. The summed E-state index contributed by atoms with van der Waals surface area (Å²) in [4.78, 5) is 18.2. The summed E-state index contributed by atoms with van der Waals surface area (Å²) in [6.07, 6.45) is 4.36. The van der Waals surface area contributed by atoms with Crippen LogP contribution in [-0.2, 0) is 10.0 Å². The zero-order chi connectivity index (χ0) is 14.8. The van der Waals surface area contributed by atoms with Gasteiger partial charge in [0.2, 0.25) is 10.0 Å². The minimum Gasteiger partial charge on any atom is -0.337 e. The lowest BCUT2D eigenvalue weighted by molar-refractivity contribution is 0.0705. The van der Waals surface area contributed by atoms with Crippen LogP contribution in [0, 0.1) is 0 Å². The van der Waals surface area contributed by atoms with E-state index in [1.807, 2.05) is 6.26 Å². The molecule has 9 heteroatoms. The molecule has 1 aliphatic rings. The highest BCUT2D eigenvalue weighted by Crippen LogP contribution is 2.21. The minimum absolute atomic E-state index is 0.0700. The Morgan fingerprint density at radius 3 is 2.65 bits per heavy atom. The molecule has 0 unspecified atom stereocenters. The first-order chi connectivity index (χ1) is 9.39. The maximum atomic E-state index is 12.2. The van der Waals surface area contributed by atoms with Crippen LogP contribution in [0.15, 0.2) is 9.72 Å². The lowest BCUT2D eigenvalue weighted by Gasteiger charge is -2.31. The van der Waals surface area contributed by atoms with Crippen LogP contribution in [0.1, 0.15) is 23.3 Å². The number of amides is 1. The summed E-state index contributed by atoms with van der Waals surface area (Å²) in [5, 5.41) is 1.77. The second-order valence-electron chi connectivity index (χ2n) is 4.66.